The topological polar surface area (TPSA) is 38.3 Å². The number of carbonyl (C=O) groups is 1. The second-order valence-electron chi connectivity index (χ2n) is 5.56. The molecule has 23 heavy (non-hydrogen) atoms. The van der Waals surface area contributed by atoms with E-state index < -0.39 is 0 Å². The van der Waals surface area contributed by atoms with Crippen LogP contribution >= 0.6 is 23.2 Å². The van der Waals surface area contributed by atoms with E-state index in [2.05, 4.69) is 11.4 Å². The lowest BCUT2D eigenvalue weighted by Crippen LogP contribution is -2.21. The van der Waals surface area contributed by atoms with Crippen LogP contribution in [-0.2, 0) is 17.6 Å². The molecule has 0 saturated heterocycles. The summed E-state index contributed by atoms with van der Waals surface area (Å²) >= 11 is 11.9. The summed E-state index contributed by atoms with van der Waals surface area (Å²) in [5, 5.41) is 3.68. The van der Waals surface area contributed by atoms with E-state index in [0.717, 1.165) is 25.0 Å². The van der Waals surface area contributed by atoms with Gasteiger partial charge in [-0.25, -0.2) is 0 Å². The van der Waals surface area contributed by atoms with Gasteiger partial charge in [0.05, 0.1) is 10.7 Å². The van der Waals surface area contributed by atoms with Crippen molar-refractivity contribution in [3.05, 3.63) is 57.6 Å². The molecule has 0 bridgehead atoms. The van der Waals surface area contributed by atoms with E-state index >= 15 is 0 Å². The first-order chi connectivity index (χ1) is 11.1. The summed E-state index contributed by atoms with van der Waals surface area (Å²) in [4.78, 5) is 12.1. The summed E-state index contributed by atoms with van der Waals surface area (Å²) in [5.74, 6) is 0.539. The molecule has 5 heteroatoms. The summed E-state index contributed by atoms with van der Waals surface area (Å²) in [7, 11) is 0. The minimum atomic E-state index is -0.262. The molecule has 1 N–H and O–H groups in total. The molecule has 0 spiro atoms. The van der Waals surface area contributed by atoms with Crippen molar-refractivity contribution in [1.82, 2.24) is 0 Å². The molecule has 120 valence electrons. The van der Waals surface area contributed by atoms with Crippen molar-refractivity contribution in [2.45, 2.75) is 25.7 Å². The lowest BCUT2D eigenvalue weighted by molar-refractivity contribution is -0.118. The minimum absolute atomic E-state index is 0.0563. The smallest absolute Gasteiger partial charge is 0.262 e. The number of hydrogen-bond acceptors (Lipinski definition) is 2. The van der Waals surface area contributed by atoms with Gasteiger partial charge in [-0.3, -0.25) is 4.79 Å². The number of benzene rings is 2. The van der Waals surface area contributed by atoms with Crippen LogP contribution in [0.3, 0.4) is 0 Å². The SMILES string of the molecule is O=C(COc1cccc2c1CCCC2)Nc1cc(Cl)ccc1Cl. The number of ether oxygens (including phenoxy) is 1. The largest absolute Gasteiger partial charge is 0.483 e. The first kappa shape index (κ1) is 16.2. The van der Waals surface area contributed by atoms with Crippen LogP contribution in [0.25, 0.3) is 0 Å². The molecule has 0 fully saturated rings. The summed E-state index contributed by atoms with van der Waals surface area (Å²) < 4.78 is 5.72. The highest BCUT2D eigenvalue weighted by Gasteiger charge is 2.15. The number of hydrogen-bond donors (Lipinski definition) is 1. The van der Waals surface area contributed by atoms with Crippen molar-refractivity contribution in [3.8, 4) is 5.75 Å². The highest BCUT2D eigenvalue weighted by molar-refractivity contribution is 6.35. The van der Waals surface area contributed by atoms with Crippen LogP contribution < -0.4 is 10.1 Å². The third kappa shape index (κ3) is 3.98. The van der Waals surface area contributed by atoms with Gasteiger partial charge in [0.2, 0.25) is 0 Å². The fraction of sp³-hybridized carbons (Fsp3) is 0.278. The van der Waals surface area contributed by atoms with Crippen molar-refractivity contribution in [3.63, 3.8) is 0 Å². The molecule has 0 radical (unpaired) electrons. The number of rotatable bonds is 4. The maximum atomic E-state index is 12.1. The number of halogens is 2. The first-order valence-corrected chi connectivity index (χ1v) is 8.37. The number of carbonyl (C=O) groups excluding carboxylic acids is 1. The van der Waals surface area contributed by atoms with Crippen LogP contribution in [0.4, 0.5) is 5.69 Å². The molecular formula is C18H17Cl2NO2. The summed E-state index contributed by atoms with van der Waals surface area (Å²) in [6.45, 7) is -0.0563. The van der Waals surface area contributed by atoms with E-state index in [9.17, 15) is 4.79 Å². The monoisotopic (exact) mass is 349 g/mol. The van der Waals surface area contributed by atoms with Gasteiger partial charge < -0.3 is 10.1 Å². The molecule has 0 atom stereocenters. The van der Waals surface area contributed by atoms with Crippen LogP contribution in [0.2, 0.25) is 10.0 Å². The number of anilines is 1. The highest BCUT2D eigenvalue weighted by atomic mass is 35.5. The second-order valence-corrected chi connectivity index (χ2v) is 6.41. The highest BCUT2D eigenvalue weighted by Crippen LogP contribution is 2.29. The normalized spacial score (nSPS) is 13.3. The first-order valence-electron chi connectivity index (χ1n) is 7.62. The van der Waals surface area contributed by atoms with E-state index in [1.165, 1.54) is 17.5 Å². The zero-order valence-corrected chi connectivity index (χ0v) is 14.1. The fourth-order valence-corrected chi connectivity index (χ4v) is 3.14. The molecule has 3 rings (SSSR count). The average molecular weight is 350 g/mol. The molecule has 2 aromatic carbocycles. The van der Waals surface area contributed by atoms with Gasteiger partial charge in [0.1, 0.15) is 5.75 Å². The predicted molar refractivity (Wildman–Crippen MR) is 93.7 cm³/mol. The molecule has 2 aromatic rings. The Hall–Kier alpha value is -1.71. The quantitative estimate of drug-likeness (QED) is 0.853. The Morgan fingerprint density at radius 1 is 1.13 bits per heavy atom. The van der Waals surface area contributed by atoms with Gasteiger partial charge in [-0.2, -0.15) is 0 Å². The van der Waals surface area contributed by atoms with Crippen LogP contribution in [0.5, 0.6) is 5.75 Å². The van der Waals surface area contributed by atoms with E-state index in [1.807, 2.05) is 12.1 Å². The zero-order chi connectivity index (χ0) is 16.2. The van der Waals surface area contributed by atoms with Crippen molar-refractivity contribution in [2.75, 3.05) is 11.9 Å². The molecule has 0 aromatic heterocycles. The van der Waals surface area contributed by atoms with Gasteiger partial charge in [-0.15, -0.1) is 0 Å². The van der Waals surface area contributed by atoms with Gasteiger partial charge in [-0.05, 0) is 61.1 Å². The minimum Gasteiger partial charge on any atom is -0.483 e. The summed E-state index contributed by atoms with van der Waals surface area (Å²) in [5.41, 5.74) is 3.04. The maximum absolute atomic E-state index is 12.1. The molecule has 0 unspecified atom stereocenters. The molecule has 0 saturated carbocycles. The molecule has 0 aliphatic heterocycles. The third-order valence-electron chi connectivity index (χ3n) is 3.91. The Labute approximate surface area is 145 Å². The summed E-state index contributed by atoms with van der Waals surface area (Å²) in [6, 6.07) is 11.0. The van der Waals surface area contributed by atoms with Gasteiger partial charge in [0, 0.05) is 5.02 Å². The molecule has 0 heterocycles. The molecule has 3 nitrogen and oxygen atoms in total. The van der Waals surface area contributed by atoms with Crippen LogP contribution in [0.1, 0.15) is 24.0 Å². The molecule has 1 amide bonds. The number of amides is 1. The molecule has 1 aliphatic carbocycles. The number of aryl methyl sites for hydroxylation is 1. The standard InChI is InChI=1S/C18H17Cl2NO2/c19-13-8-9-15(20)16(10-13)21-18(22)11-23-17-7-3-5-12-4-1-2-6-14(12)17/h3,5,7-10H,1-2,4,6,11H2,(H,21,22). The van der Waals surface area contributed by atoms with Gasteiger partial charge in [0.15, 0.2) is 6.61 Å². The Kier molecular flexibility index (Phi) is 5.09. The number of nitrogens with one attached hydrogen (secondary N) is 1. The van der Waals surface area contributed by atoms with Crippen LogP contribution in [-0.4, -0.2) is 12.5 Å². The third-order valence-corrected chi connectivity index (χ3v) is 4.48. The van der Waals surface area contributed by atoms with Crippen LogP contribution in [0.15, 0.2) is 36.4 Å². The second kappa shape index (κ2) is 7.24. The molecule has 1 aliphatic rings. The van der Waals surface area contributed by atoms with Crippen LogP contribution in [0, 0.1) is 0 Å². The lowest BCUT2D eigenvalue weighted by atomic mass is 9.91. The van der Waals surface area contributed by atoms with Crippen molar-refractivity contribution in [1.29, 1.82) is 0 Å². The molecular weight excluding hydrogens is 333 g/mol. The zero-order valence-electron chi connectivity index (χ0n) is 12.6. The van der Waals surface area contributed by atoms with E-state index in [1.54, 1.807) is 18.2 Å². The van der Waals surface area contributed by atoms with Gasteiger partial charge in [0.25, 0.3) is 5.91 Å². The Morgan fingerprint density at radius 3 is 2.83 bits per heavy atom. The van der Waals surface area contributed by atoms with Crippen molar-refractivity contribution >= 4 is 34.8 Å². The maximum Gasteiger partial charge on any atom is 0.262 e. The van der Waals surface area contributed by atoms with Gasteiger partial charge in [-0.1, -0.05) is 35.3 Å². The van der Waals surface area contributed by atoms with E-state index in [-0.39, 0.29) is 12.5 Å². The Morgan fingerprint density at radius 2 is 1.96 bits per heavy atom. The predicted octanol–water partition coefficient (Wildman–Crippen LogP) is 4.89. The van der Waals surface area contributed by atoms with Crippen molar-refractivity contribution < 1.29 is 9.53 Å². The van der Waals surface area contributed by atoms with Crippen molar-refractivity contribution in [2.24, 2.45) is 0 Å². The van der Waals surface area contributed by atoms with E-state index in [4.69, 9.17) is 27.9 Å². The lowest BCUT2D eigenvalue weighted by Gasteiger charge is -2.19. The number of fused-ring (bicyclic) bond motifs is 1. The van der Waals surface area contributed by atoms with Gasteiger partial charge >= 0.3 is 0 Å². The average Bonchev–Trinajstić information content (AvgIpc) is 2.56. The Bertz CT molecular complexity index is 731. The van der Waals surface area contributed by atoms with E-state index in [0.29, 0.717) is 15.7 Å². The summed E-state index contributed by atoms with van der Waals surface area (Å²) in [6.07, 6.45) is 4.46. The Balaban J connectivity index is 1.64. The fourth-order valence-electron chi connectivity index (χ4n) is 2.80.